The summed E-state index contributed by atoms with van der Waals surface area (Å²) in [6, 6.07) is 63.7. The number of hydrogen-bond acceptors (Lipinski definition) is 4. The molecule has 12 aromatic rings. The lowest BCUT2D eigenvalue weighted by molar-refractivity contribution is 0.673. The van der Waals surface area contributed by atoms with Gasteiger partial charge in [0.2, 0.25) is 0 Å². The molecule has 0 fully saturated rings. The van der Waals surface area contributed by atoms with Crippen LogP contribution in [0.25, 0.3) is 116 Å². The molecule has 4 heterocycles. The molecule has 0 unspecified atom stereocenters. The quantitative estimate of drug-likeness (QED) is 0.178. The van der Waals surface area contributed by atoms with Crippen LogP contribution < -0.4 is 0 Å². The van der Waals surface area contributed by atoms with Crippen LogP contribution in [0.1, 0.15) is 0 Å². The lowest BCUT2D eigenvalue weighted by atomic mass is 9.98. The highest BCUT2D eigenvalue weighted by Crippen LogP contribution is 2.48. The molecule has 8 aromatic carbocycles. The first kappa shape index (κ1) is 30.8. The number of furan rings is 1. The number of aromatic nitrogens is 4. The summed E-state index contributed by atoms with van der Waals surface area (Å²) in [6.07, 6.45) is 0. The van der Waals surface area contributed by atoms with Crippen molar-refractivity contribution in [2.75, 3.05) is 0 Å². The molecule has 0 radical (unpaired) electrons. The van der Waals surface area contributed by atoms with E-state index in [0.29, 0.717) is 17.5 Å². The zero-order valence-electron chi connectivity index (χ0n) is 30.0. The molecular formula is C51H30N4O. The van der Waals surface area contributed by atoms with E-state index >= 15 is 0 Å². The largest absolute Gasteiger partial charge is 0.455 e. The van der Waals surface area contributed by atoms with Gasteiger partial charge in [-0.1, -0.05) is 158 Å². The number of rotatable bonds is 5. The van der Waals surface area contributed by atoms with Crippen LogP contribution in [0.3, 0.4) is 0 Å². The lowest BCUT2D eigenvalue weighted by Crippen LogP contribution is -2.00. The minimum atomic E-state index is 0.602. The van der Waals surface area contributed by atoms with Gasteiger partial charge >= 0.3 is 0 Å². The smallest absolute Gasteiger partial charge is 0.164 e. The number of benzene rings is 8. The van der Waals surface area contributed by atoms with Crippen LogP contribution in [0.2, 0.25) is 0 Å². The normalized spacial score (nSPS) is 11.9. The van der Waals surface area contributed by atoms with E-state index in [1.165, 1.54) is 38.5 Å². The molecule has 56 heavy (non-hydrogen) atoms. The molecule has 12 rings (SSSR count). The Hall–Kier alpha value is -7.63. The fraction of sp³-hybridized carbons (Fsp3) is 0. The van der Waals surface area contributed by atoms with Gasteiger partial charge in [0.15, 0.2) is 17.5 Å². The highest BCUT2D eigenvalue weighted by Gasteiger charge is 2.25. The number of fused-ring (bicyclic) bond motifs is 10. The van der Waals surface area contributed by atoms with Crippen molar-refractivity contribution in [2.24, 2.45) is 0 Å². The van der Waals surface area contributed by atoms with E-state index in [-0.39, 0.29) is 0 Å². The molecule has 5 nitrogen and oxygen atoms in total. The summed E-state index contributed by atoms with van der Waals surface area (Å²) in [4.78, 5) is 15.2. The number of nitrogens with zero attached hydrogens (tertiary/aromatic N) is 4. The second-order valence-electron chi connectivity index (χ2n) is 14.4. The van der Waals surface area contributed by atoms with E-state index in [4.69, 9.17) is 19.4 Å². The second-order valence-corrected chi connectivity index (χ2v) is 14.4. The average molecular weight is 715 g/mol. The molecule has 0 saturated carbocycles. The third kappa shape index (κ3) is 4.58. The van der Waals surface area contributed by atoms with Gasteiger partial charge in [0.05, 0.1) is 21.9 Å². The summed E-state index contributed by atoms with van der Waals surface area (Å²) >= 11 is 0. The van der Waals surface area contributed by atoms with Gasteiger partial charge in [-0.05, 0) is 46.5 Å². The van der Waals surface area contributed by atoms with E-state index in [0.717, 1.165) is 60.4 Å². The Bertz CT molecular complexity index is 3390. The summed E-state index contributed by atoms with van der Waals surface area (Å²) in [7, 11) is 0. The summed E-state index contributed by atoms with van der Waals surface area (Å²) in [5, 5.41) is 6.66. The van der Waals surface area contributed by atoms with Crippen LogP contribution in [-0.2, 0) is 0 Å². The van der Waals surface area contributed by atoms with Crippen LogP contribution in [-0.4, -0.2) is 19.4 Å². The number of hydrogen-bond donors (Lipinski definition) is 0. The van der Waals surface area contributed by atoms with Gasteiger partial charge in [0.1, 0.15) is 11.2 Å². The fourth-order valence-electron chi connectivity index (χ4n) is 8.62. The molecular weight excluding hydrogens is 685 g/mol. The Labute approximate surface area is 321 Å². The van der Waals surface area contributed by atoms with E-state index in [2.05, 4.69) is 120 Å². The molecule has 0 saturated heterocycles. The SMILES string of the molecule is c1ccc(-c2ccc3c4cc5c(oc6cccc(-c7nc(-c8ccccc8)nc(-c8ccccc8)n7)c65)c5c6ccc(-c7ccccc7)cc6n(c3c2)c45)cc1. The van der Waals surface area contributed by atoms with E-state index in [9.17, 15) is 0 Å². The van der Waals surface area contributed by atoms with Crippen molar-refractivity contribution >= 4 is 60.0 Å². The Morgan fingerprint density at radius 1 is 0.357 bits per heavy atom. The van der Waals surface area contributed by atoms with Crippen LogP contribution in [0.5, 0.6) is 0 Å². The predicted octanol–water partition coefficient (Wildman–Crippen LogP) is 13.3. The third-order valence-corrected chi connectivity index (χ3v) is 11.2. The molecule has 5 heteroatoms. The van der Waals surface area contributed by atoms with E-state index in [1.54, 1.807) is 0 Å². The van der Waals surface area contributed by atoms with E-state index in [1.807, 2.05) is 66.7 Å². The minimum Gasteiger partial charge on any atom is -0.455 e. The van der Waals surface area contributed by atoms with Crippen molar-refractivity contribution in [1.29, 1.82) is 0 Å². The first-order valence-corrected chi connectivity index (χ1v) is 18.9. The van der Waals surface area contributed by atoms with Gasteiger partial charge in [0.25, 0.3) is 0 Å². The fourth-order valence-corrected chi connectivity index (χ4v) is 8.62. The summed E-state index contributed by atoms with van der Waals surface area (Å²) in [6.45, 7) is 0. The van der Waals surface area contributed by atoms with Gasteiger partial charge in [0, 0.05) is 43.6 Å². The maximum absolute atomic E-state index is 6.98. The molecule has 0 N–H and O–H groups in total. The van der Waals surface area contributed by atoms with E-state index < -0.39 is 0 Å². The van der Waals surface area contributed by atoms with Crippen molar-refractivity contribution in [3.8, 4) is 56.4 Å². The van der Waals surface area contributed by atoms with Gasteiger partial charge in [-0.2, -0.15) is 0 Å². The second kappa shape index (κ2) is 11.9. The molecule has 0 aliphatic rings. The summed E-state index contributed by atoms with van der Waals surface area (Å²) in [5.74, 6) is 1.85. The maximum atomic E-state index is 6.98. The highest BCUT2D eigenvalue weighted by atomic mass is 16.3. The van der Waals surface area contributed by atoms with Crippen LogP contribution in [0, 0.1) is 0 Å². The summed E-state index contributed by atoms with van der Waals surface area (Å²) < 4.78 is 9.43. The first-order chi connectivity index (χ1) is 27.8. The Balaban J connectivity index is 1.19. The molecule has 0 aliphatic heterocycles. The van der Waals surface area contributed by atoms with Gasteiger partial charge < -0.3 is 8.82 Å². The van der Waals surface area contributed by atoms with Crippen molar-refractivity contribution in [1.82, 2.24) is 19.4 Å². The van der Waals surface area contributed by atoms with Gasteiger partial charge in [-0.15, -0.1) is 0 Å². The van der Waals surface area contributed by atoms with Crippen LogP contribution in [0.4, 0.5) is 0 Å². The maximum Gasteiger partial charge on any atom is 0.164 e. The molecule has 0 amide bonds. The zero-order chi connectivity index (χ0) is 36.7. The molecule has 0 bridgehead atoms. The Morgan fingerprint density at radius 3 is 1.46 bits per heavy atom. The molecule has 0 atom stereocenters. The monoisotopic (exact) mass is 714 g/mol. The van der Waals surface area contributed by atoms with Gasteiger partial charge in [-0.25, -0.2) is 15.0 Å². The van der Waals surface area contributed by atoms with Crippen molar-refractivity contribution in [2.45, 2.75) is 0 Å². The van der Waals surface area contributed by atoms with Crippen molar-refractivity contribution in [3.63, 3.8) is 0 Å². The van der Waals surface area contributed by atoms with Crippen molar-refractivity contribution in [3.05, 3.63) is 182 Å². The standard InChI is InChI=1S/C51H30N4O/c1-5-14-31(15-6-1)35-24-26-37-40-30-41-45-39(51-53-49(33-18-9-3-10-19-33)52-50(54-51)34-20-11-4-12-21-34)22-13-23-44(45)56-48(41)46-38-27-25-36(32-16-7-2-8-17-32)29-43(38)55(47(40)46)42(37)28-35/h1-30H. The Morgan fingerprint density at radius 2 is 0.875 bits per heavy atom. The Kier molecular flexibility index (Phi) is 6.56. The average Bonchev–Trinajstić information content (AvgIpc) is 3.93. The molecule has 0 spiro atoms. The highest BCUT2D eigenvalue weighted by molar-refractivity contribution is 6.33. The van der Waals surface area contributed by atoms with Gasteiger partial charge in [-0.3, -0.25) is 0 Å². The molecule has 4 aromatic heterocycles. The lowest BCUT2D eigenvalue weighted by Gasteiger charge is -2.09. The topological polar surface area (TPSA) is 56.2 Å². The third-order valence-electron chi connectivity index (χ3n) is 11.2. The van der Waals surface area contributed by atoms with Crippen LogP contribution >= 0.6 is 0 Å². The minimum absolute atomic E-state index is 0.602. The first-order valence-electron chi connectivity index (χ1n) is 18.9. The zero-order valence-corrected chi connectivity index (χ0v) is 30.0. The molecule has 0 aliphatic carbocycles. The van der Waals surface area contributed by atoms with Crippen molar-refractivity contribution < 1.29 is 4.42 Å². The predicted molar refractivity (Wildman–Crippen MR) is 229 cm³/mol. The van der Waals surface area contributed by atoms with Crippen LogP contribution in [0.15, 0.2) is 186 Å². The summed E-state index contributed by atoms with van der Waals surface area (Å²) in [5.41, 5.74) is 12.6. The molecule has 260 valence electrons.